The zero-order valence-electron chi connectivity index (χ0n) is 9.11. The molecule has 0 fully saturated rings. The molecule has 1 rings (SSSR count). The molecule has 15 heavy (non-hydrogen) atoms. The molecule has 2 N–H and O–H groups in total. The Morgan fingerprint density at radius 2 is 2.07 bits per heavy atom. The van der Waals surface area contributed by atoms with Crippen molar-refractivity contribution in [1.29, 1.82) is 0 Å². The summed E-state index contributed by atoms with van der Waals surface area (Å²) in [6, 6.07) is 4.83. The molecule has 4 heteroatoms. The summed E-state index contributed by atoms with van der Waals surface area (Å²) < 4.78 is 10.1. The Morgan fingerprint density at radius 1 is 1.40 bits per heavy atom. The van der Waals surface area contributed by atoms with Crippen molar-refractivity contribution in [2.24, 2.45) is 0 Å². The van der Waals surface area contributed by atoms with Gasteiger partial charge in [-0.05, 0) is 26.0 Å². The second-order valence-electron chi connectivity index (χ2n) is 3.41. The van der Waals surface area contributed by atoms with E-state index in [0.717, 1.165) is 0 Å². The Morgan fingerprint density at radius 3 is 2.60 bits per heavy atom. The Hall–Kier alpha value is -1.71. The van der Waals surface area contributed by atoms with Crippen molar-refractivity contribution < 1.29 is 14.3 Å². The number of benzene rings is 1. The molecule has 0 aliphatic rings. The van der Waals surface area contributed by atoms with Crippen LogP contribution in [-0.2, 0) is 4.74 Å². The number of hydrogen-bond acceptors (Lipinski definition) is 4. The van der Waals surface area contributed by atoms with Gasteiger partial charge in [0.15, 0.2) is 0 Å². The summed E-state index contributed by atoms with van der Waals surface area (Å²) in [6.07, 6.45) is -0.153. The molecule has 0 radical (unpaired) electrons. The number of carbonyl (C=O) groups excluding carboxylic acids is 1. The van der Waals surface area contributed by atoms with Crippen LogP contribution in [0, 0.1) is 0 Å². The first-order chi connectivity index (χ1) is 7.04. The van der Waals surface area contributed by atoms with Crippen LogP contribution in [-0.4, -0.2) is 19.2 Å². The number of methoxy groups -OCH3 is 1. The lowest BCUT2D eigenvalue weighted by Gasteiger charge is -2.11. The van der Waals surface area contributed by atoms with Gasteiger partial charge in [0.1, 0.15) is 11.3 Å². The van der Waals surface area contributed by atoms with Crippen LogP contribution < -0.4 is 10.5 Å². The average molecular weight is 209 g/mol. The van der Waals surface area contributed by atoms with E-state index in [9.17, 15) is 4.79 Å². The van der Waals surface area contributed by atoms with Crippen LogP contribution in [0.5, 0.6) is 5.75 Å². The Bertz CT molecular complexity index is 361. The SMILES string of the molecule is COc1cc(N)ccc1C(=O)OC(C)C. The van der Waals surface area contributed by atoms with Crippen LogP contribution in [0.25, 0.3) is 0 Å². The van der Waals surface area contributed by atoms with E-state index in [0.29, 0.717) is 17.0 Å². The van der Waals surface area contributed by atoms with Crippen LogP contribution in [0.15, 0.2) is 18.2 Å². The highest BCUT2D eigenvalue weighted by molar-refractivity contribution is 5.93. The molecule has 0 atom stereocenters. The number of ether oxygens (including phenoxy) is 2. The third kappa shape index (κ3) is 2.87. The first-order valence-corrected chi connectivity index (χ1v) is 4.69. The van der Waals surface area contributed by atoms with E-state index < -0.39 is 5.97 Å². The van der Waals surface area contributed by atoms with Crippen molar-refractivity contribution in [2.45, 2.75) is 20.0 Å². The topological polar surface area (TPSA) is 61.5 Å². The summed E-state index contributed by atoms with van der Waals surface area (Å²) in [7, 11) is 1.49. The molecule has 0 saturated carbocycles. The monoisotopic (exact) mass is 209 g/mol. The highest BCUT2D eigenvalue weighted by atomic mass is 16.5. The van der Waals surface area contributed by atoms with Crippen LogP contribution >= 0.6 is 0 Å². The number of rotatable bonds is 3. The van der Waals surface area contributed by atoms with Crippen LogP contribution in [0.1, 0.15) is 24.2 Å². The van der Waals surface area contributed by atoms with E-state index in [1.807, 2.05) is 0 Å². The number of carbonyl (C=O) groups is 1. The maximum atomic E-state index is 11.6. The van der Waals surface area contributed by atoms with Crippen molar-refractivity contribution >= 4 is 11.7 Å². The van der Waals surface area contributed by atoms with E-state index in [2.05, 4.69) is 0 Å². The molecule has 0 aliphatic heterocycles. The summed E-state index contributed by atoms with van der Waals surface area (Å²) in [5.74, 6) is 0.0301. The molecular formula is C11H15NO3. The minimum absolute atomic E-state index is 0.153. The van der Waals surface area contributed by atoms with Gasteiger partial charge in [-0.25, -0.2) is 4.79 Å². The quantitative estimate of drug-likeness (QED) is 0.609. The third-order valence-corrected chi connectivity index (χ3v) is 1.79. The van der Waals surface area contributed by atoms with Gasteiger partial charge in [0, 0.05) is 11.8 Å². The molecule has 0 saturated heterocycles. The van der Waals surface area contributed by atoms with Gasteiger partial charge in [0.05, 0.1) is 13.2 Å². The van der Waals surface area contributed by atoms with Gasteiger partial charge < -0.3 is 15.2 Å². The number of nitrogen functional groups attached to an aromatic ring is 1. The molecule has 0 aromatic heterocycles. The second-order valence-corrected chi connectivity index (χ2v) is 3.41. The van der Waals surface area contributed by atoms with Crippen LogP contribution in [0.2, 0.25) is 0 Å². The van der Waals surface area contributed by atoms with E-state index in [-0.39, 0.29) is 6.10 Å². The highest BCUT2D eigenvalue weighted by Crippen LogP contribution is 2.22. The lowest BCUT2D eigenvalue weighted by atomic mass is 10.2. The summed E-state index contributed by atoms with van der Waals surface area (Å²) in [5, 5.41) is 0. The first-order valence-electron chi connectivity index (χ1n) is 4.69. The van der Waals surface area contributed by atoms with Crippen LogP contribution in [0.3, 0.4) is 0 Å². The van der Waals surface area contributed by atoms with Gasteiger partial charge in [-0.1, -0.05) is 0 Å². The van der Waals surface area contributed by atoms with Gasteiger partial charge in [-0.2, -0.15) is 0 Å². The number of esters is 1. The van der Waals surface area contributed by atoms with Crippen molar-refractivity contribution in [3.8, 4) is 5.75 Å². The summed E-state index contributed by atoms with van der Waals surface area (Å²) >= 11 is 0. The van der Waals surface area contributed by atoms with Gasteiger partial charge in [-0.15, -0.1) is 0 Å². The maximum absolute atomic E-state index is 11.6. The minimum Gasteiger partial charge on any atom is -0.496 e. The predicted molar refractivity (Wildman–Crippen MR) is 58.0 cm³/mol. The fraction of sp³-hybridized carbons (Fsp3) is 0.364. The number of anilines is 1. The fourth-order valence-corrected chi connectivity index (χ4v) is 1.15. The van der Waals surface area contributed by atoms with E-state index in [4.69, 9.17) is 15.2 Å². The molecule has 0 unspecified atom stereocenters. The molecule has 0 aliphatic carbocycles. The smallest absolute Gasteiger partial charge is 0.342 e. The number of hydrogen-bond donors (Lipinski definition) is 1. The number of nitrogens with two attached hydrogens (primary N) is 1. The molecule has 0 heterocycles. The largest absolute Gasteiger partial charge is 0.496 e. The van der Waals surface area contributed by atoms with E-state index >= 15 is 0 Å². The van der Waals surface area contributed by atoms with Crippen molar-refractivity contribution in [2.75, 3.05) is 12.8 Å². The highest BCUT2D eigenvalue weighted by Gasteiger charge is 2.14. The van der Waals surface area contributed by atoms with Gasteiger partial charge in [0.25, 0.3) is 0 Å². The van der Waals surface area contributed by atoms with Crippen molar-refractivity contribution in [1.82, 2.24) is 0 Å². The average Bonchev–Trinajstić information content (AvgIpc) is 2.16. The molecule has 1 aromatic carbocycles. The van der Waals surface area contributed by atoms with Gasteiger partial charge in [-0.3, -0.25) is 0 Å². The summed E-state index contributed by atoms with van der Waals surface area (Å²) in [5.41, 5.74) is 6.51. The Balaban J connectivity index is 2.97. The lowest BCUT2D eigenvalue weighted by molar-refractivity contribution is 0.0374. The Kier molecular flexibility index (Phi) is 3.55. The predicted octanol–water partition coefficient (Wildman–Crippen LogP) is 1.84. The van der Waals surface area contributed by atoms with Crippen molar-refractivity contribution in [3.63, 3.8) is 0 Å². The van der Waals surface area contributed by atoms with E-state index in [1.165, 1.54) is 7.11 Å². The van der Waals surface area contributed by atoms with Gasteiger partial charge in [0.2, 0.25) is 0 Å². The third-order valence-electron chi connectivity index (χ3n) is 1.79. The van der Waals surface area contributed by atoms with Gasteiger partial charge >= 0.3 is 5.97 Å². The molecule has 4 nitrogen and oxygen atoms in total. The minimum atomic E-state index is -0.401. The normalized spacial score (nSPS) is 10.1. The van der Waals surface area contributed by atoms with Crippen molar-refractivity contribution in [3.05, 3.63) is 23.8 Å². The molecule has 0 spiro atoms. The van der Waals surface area contributed by atoms with E-state index in [1.54, 1.807) is 32.0 Å². The first kappa shape index (κ1) is 11.4. The zero-order chi connectivity index (χ0) is 11.4. The zero-order valence-corrected chi connectivity index (χ0v) is 9.11. The molecule has 82 valence electrons. The lowest BCUT2D eigenvalue weighted by Crippen LogP contribution is -2.12. The van der Waals surface area contributed by atoms with Crippen LogP contribution in [0.4, 0.5) is 5.69 Å². The summed E-state index contributed by atoms with van der Waals surface area (Å²) in [4.78, 5) is 11.6. The Labute approximate surface area is 89.0 Å². The standard InChI is InChI=1S/C11H15NO3/c1-7(2)15-11(13)9-5-4-8(12)6-10(9)14-3/h4-7H,12H2,1-3H3. The molecular weight excluding hydrogens is 194 g/mol. The molecule has 0 bridgehead atoms. The fourth-order valence-electron chi connectivity index (χ4n) is 1.15. The molecule has 1 aromatic rings. The second kappa shape index (κ2) is 4.68. The molecule has 0 amide bonds. The summed E-state index contributed by atoms with van der Waals surface area (Å²) in [6.45, 7) is 3.59. The maximum Gasteiger partial charge on any atom is 0.342 e.